The van der Waals surface area contributed by atoms with Crippen molar-refractivity contribution in [2.24, 2.45) is 22.7 Å². The lowest BCUT2D eigenvalue weighted by atomic mass is 9.40. The summed E-state index contributed by atoms with van der Waals surface area (Å²) in [5.74, 6) is -0.853. The Morgan fingerprint density at radius 2 is 1.30 bits per heavy atom. The zero-order chi connectivity index (χ0) is 44.6. The van der Waals surface area contributed by atoms with E-state index < -0.39 is 126 Å². The second-order valence-corrected chi connectivity index (χ2v) is 19.9. The molecule has 6 N–H and O–H groups in total. The molecule has 2 unspecified atom stereocenters. The summed E-state index contributed by atoms with van der Waals surface area (Å²) >= 11 is 0. The van der Waals surface area contributed by atoms with Gasteiger partial charge in [0.15, 0.2) is 18.9 Å². The molecule has 17 nitrogen and oxygen atoms in total. The molecule has 3 saturated heterocycles. The highest BCUT2D eigenvalue weighted by atomic mass is 16.8. The van der Waals surface area contributed by atoms with Gasteiger partial charge in [-0.1, -0.05) is 13.8 Å². The molecule has 4 aliphatic carbocycles. The minimum Gasteiger partial charge on any atom is -0.460 e. The average molecular weight is 875 g/mol. The predicted octanol–water partition coefficient (Wildman–Crippen LogP) is 1.85. The van der Waals surface area contributed by atoms with Crippen molar-refractivity contribution in [3.63, 3.8) is 0 Å². The van der Waals surface area contributed by atoms with Crippen molar-refractivity contribution in [2.45, 2.75) is 228 Å². The standard InChI is InChI=1S/C44H74O17/c1-21-34(47)38(54-10)35(48)39(57-21)61-37-23(3)56-33(19-29(37)53-9)60-36-22(2)55-32(18-28(36)52-8)59-27-12-13-40(6)26(17-27)11-14-43(50)30(40)20-31(46)41(7)42(49,15-16-44(41,43)51)24(4)58-25(5)45/h21-24,26-39,46-51H,11-20H2,1-10H3/t21-,22-,23-,24+,26?,27+,28+,29+,30?,31-,32+,33+,34-,35-,36-,37-,38+,39+,40+,41-,42-,43+,44-/m1/s1. The second-order valence-electron chi connectivity index (χ2n) is 19.9. The summed E-state index contributed by atoms with van der Waals surface area (Å²) in [6.07, 6.45) is -7.11. The van der Waals surface area contributed by atoms with Crippen LogP contribution in [0.25, 0.3) is 0 Å². The normalized spacial score (nSPS) is 54.3. The van der Waals surface area contributed by atoms with Gasteiger partial charge in [0.2, 0.25) is 0 Å². The van der Waals surface area contributed by atoms with Crippen molar-refractivity contribution in [1.29, 1.82) is 0 Å². The van der Waals surface area contributed by atoms with Crippen LogP contribution in [0.4, 0.5) is 0 Å². The van der Waals surface area contributed by atoms with Crippen molar-refractivity contribution < 1.29 is 82.8 Å². The van der Waals surface area contributed by atoms with Gasteiger partial charge in [0.05, 0.1) is 53.7 Å². The Morgan fingerprint density at radius 1 is 0.689 bits per heavy atom. The first-order valence-electron chi connectivity index (χ1n) is 22.5. The van der Waals surface area contributed by atoms with E-state index in [9.17, 15) is 35.4 Å². The fraction of sp³-hybridized carbons (Fsp3) is 0.977. The number of esters is 1. The molecule has 0 aromatic rings. The fourth-order valence-corrected chi connectivity index (χ4v) is 13.4. The number of rotatable bonds is 11. The Balaban J connectivity index is 0.957. The maximum Gasteiger partial charge on any atom is 0.302 e. The first-order chi connectivity index (χ1) is 28.6. The molecule has 17 heteroatoms. The molecule has 4 saturated carbocycles. The number of methoxy groups -OCH3 is 3. The zero-order valence-corrected chi connectivity index (χ0v) is 37.6. The van der Waals surface area contributed by atoms with Crippen LogP contribution in [0.5, 0.6) is 0 Å². The number of ether oxygens (including phenoxy) is 10. The van der Waals surface area contributed by atoms with Crippen LogP contribution in [0.3, 0.4) is 0 Å². The Bertz CT molecular complexity index is 1540. The monoisotopic (exact) mass is 874 g/mol. The predicted molar refractivity (Wildman–Crippen MR) is 213 cm³/mol. The highest BCUT2D eigenvalue weighted by Crippen LogP contribution is 2.72. The molecule has 0 aromatic carbocycles. The maximum atomic E-state index is 12.7. The number of aliphatic hydroxyl groups excluding tert-OH is 3. The molecule has 61 heavy (non-hydrogen) atoms. The third-order valence-electron chi connectivity index (χ3n) is 17.1. The number of carbonyl (C=O) groups excluding carboxylic acids is 1. The Labute approximate surface area is 359 Å². The first-order valence-corrected chi connectivity index (χ1v) is 22.5. The molecular formula is C44H74O17. The molecule has 0 aromatic heterocycles. The van der Waals surface area contributed by atoms with Crippen molar-refractivity contribution in [3.05, 3.63) is 0 Å². The van der Waals surface area contributed by atoms with E-state index in [0.717, 1.165) is 6.42 Å². The van der Waals surface area contributed by atoms with Gasteiger partial charge in [0.1, 0.15) is 47.8 Å². The minimum atomic E-state index is -1.81. The summed E-state index contributed by atoms with van der Waals surface area (Å²) < 4.78 is 60.7. The van der Waals surface area contributed by atoms with Crippen molar-refractivity contribution in [3.8, 4) is 0 Å². The highest BCUT2D eigenvalue weighted by molar-refractivity contribution is 5.66. The van der Waals surface area contributed by atoms with Crippen LogP contribution in [-0.2, 0) is 52.2 Å². The van der Waals surface area contributed by atoms with Crippen molar-refractivity contribution in [1.82, 2.24) is 0 Å². The zero-order valence-electron chi connectivity index (χ0n) is 37.6. The molecule has 3 heterocycles. The van der Waals surface area contributed by atoms with Crippen LogP contribution >= 0.6 is 0 Å². The lowest BCUT2D eigenvalue weighted by molar-refractivity contribution is -0.353. The van der Waals surface area contributed by atoms with Gasteiger partial charge in [0, 0.05) is 41.1 Å². The van der Waals surface area contributed by atoms with Crippen LogP contribution in [-0.4, -0.2) is 173 Å². The summed E-state index contributed by atoms with van der Waals surface area (Å²) in [4.78, 5) is 11.9. The van der Waals surface area contributed by atoms with Gasteiger partial charge in [-0.25, -0.2) is 0 Å². The van der Waals surface area contributed by atoms with Gasteiger partial charge < -0.3 is 78.0 Å². The van der Waals surface area contributed by atoms with E-state index in [-0.39, 0.29) is 37.4 Å². The van der Waals surface area contributed by atoms with E-state index in [0.29, 0.717) is 38.5 Å². The quantitative estimate of drug-likeness (QED) is 0.129. The van der Waals surface area contributed by atoms with Crippen LogP contribution in [0.15, 0.2) is 0 Å². The molecule has 0 radical (unpaired) electrons. The van der Waals surface area contributed by atoms with E-state index in [1.807, 2.05) is 13.8 Å². The topological polar surface area (TPSA) is 231 Å². The first kappa shape index (κ1) is 47.8. The number of carbonyl (C=O) groups is 1. The molecule has 7 aliphatic rings. The Hall–Kier alpha value is -1.13. The summed E-state index contributed by atoms with van der Waals surface area (Å²) in [7, 11) is 4.63. The SMILES string of the molecule is CO[C@@H]1[C@@H](O)[C@H](O[C@H]2[C@@H](OC)C[C@H](O[C@H]3[C@@H](OC)C[C@H](O[C@H]4CC[C@@]5(C)C(CC[C@]6(O)C5C[C@@H](O)[C@@]5(C)[C@]6(O)CC[C@@]5(O)[C@H](C)OC(C)=O)C4)O[C@@H]3C)O[C@@H]2C)O[C@H](C)[C@H]1O. The van der Waals surface area contributed by atoms with E-state index in [4.69, 9.17) is 47.4 Å². The molecule has 7 fully saturated rings. The maximum absolute atomic E-state index is 12.7. The van der Waals surface area contributed by atoms with E-state index >= 15 is 0 Å². The minimum absolute atomic E-state index is 0.0703. The summed E-state index contributed by atoms with van der Waals surface area (Å²) in [5, 5.41) is 70.6. The molecule has 0 bridgehead atoms. The lowest BCUT2D eigenvalue weighted by Crippen LogP contribution is -2.79. The van der Waals surface area contributed by atoms with Gasteiger partial charge in [-0.15, -0.1) is 0 Å². The summed E-state index contributed by atoms with van der Waals surface area (Å²) in [5.41, 5.74) is -7.06. The van der Waals surface area contributed by atoms with Crippen molar-refractivity contribution in [2.75, 3.05) is 21.3 Å². The van der Waals surface area contributed by atoms with E-state index in [2.05, 4.69) is 6.92 Å². The van der Waals surface area contributed by atoms with Gasteiger partial charge >= 0.3 is 5.97 Å². The summed E-state index contributed by atoms with van der Waals surface area (Å²) in [6, 6.07) is 0. The van der Waals surface area contributed by atoms with Crippen molar-refractivity contribution >= 4 is 5.97 Å². The number of aliphatic hydroxyl groups is 6. The molecule has 352 valence electrons. The van der Waals surface area contributed by atoms with E-state index in [1.54, 1.807) is 35.0 Å². The van der Waals surface area contributed by atoms with E-state index in [1.165, 1.54) is 14.0 Å². The number of hydrogen-bond acceptors (Lipinski definition) is 17. The third kappa shape index (κ3) is 7.74. The Morgan fingerprint density at radius 3 is 1.89 bits per heavy atom. The third-order valence-corrected chi connectivity index (χ3v) is 17.1. The lowest BCUT2D eigenvalue weighted by Gasteiger charge is -2.69. The van der Waals surface area contributed by atoms with Gasteiger partial charge in [0.25, 0.3) is 0 Å². The second kappa shape index (κ2) is 17.6. The number of hydrogen-bond donors (Lipinski definition) is 6. The average Bonchev–Trinajstić information content (AvgIpc) is 3.44. The van der Waals surface area contributed by atoms with Crippen LogP contribution < -0.4 is 0 Å². The van der Waals surface area contributed by atoms with Gasteiger partial charge in [-0.3, -0.25) is 4.79 Å². The largest absolute Gasteiger partial charge is 0.460 e. The Kier molecular flexibility index (Phi) is 13.8. The van der Waals surface area contributed by atoms with Gasteiger partial charge in [-0.05, 0) is 96.3 Å². The molecule has 7 rings (SSSR count). The van der Waals surface area contributed by atoms with Crippen LogP contribution in [0.1, 0.15) is 113 Å². The highest BCUT2D eigenvalue weighted by Gasteiger charge is 2.81. The smallest absolute Gasteiger partial charge is 0.302 e. The molecule has 0 spiro atoms. The molecular weight excluding hydrogens is 800 g/mol. The molecule has 23 atom stereocenters. The molecule has 0 amide bonds. The van der Waals surface area contributed by atoms with Crippen LogP contribution in [0, 0.1) is 22.7 Å². The van der Waals surface area contributed by atoms with Crippen LogP contribution in [0.2, 0.25) is 0 Å². The summed E-state index contributed by atoms with van der Waals surface area (Å²) in [6.45, 7) is 12.1. The molecule has 3 aliphatic heterocycles. The fourth-order valence-electron chi connectivity index (χ4n) is 13.4. The number of fused-ring (bicyclic) bond motifs is 5. The van der Waals surface area contributed by atoms with Gasteiger partial charge in [-0.2, -0.15) is 0 Å².